The summed E-state index contributed by atoms with van der Waals surface area (Å²) in [5, 5.41) is 0. The first-order valence-corrected chi connectivity index (χ1v) is 11.0. The number of nitrogens with zero attached hydrogens (tertiary/aromatic N) is 2. The molecule has 28 heavy (non-hydrogen) atoms. The molecule has 2 nitrogen and oxygen atoms in total. The Morgan fingerprint density at radius 1 is 0.750 bits per heavy atom. The van der Waals surface area contributed by atoms with Gasteiger partial charge in [0, 0.05) is 25.1 Å². The van der Waals surface area contributed by atoms with Crippen molar-refractivity contribution in [1.82, 2.24) is 4.90 Å². The van der Waals surface area contributed by atoms with Crippen LogP contribution in [0.5, 0.6) is 0 Å². The van der Waals surface area contributed by atoms with Gasteiger partial charge in [-0.2, -0.15) is 0 Å². The molecule has 0 saturated carbocycles. The molecule has 0 bridgehead atoms. The van der Waals surface area contributed by atoms with Crippen LogP contribution >= 0.6 is 0 Å². The van der Waals surface area contributed by atoms with Gasteiger partial charge in [-0.15, -0.1) is 0 Å². The van der Waals surface area contributed by atoms with E-state index in [4.69, 9.17) is 0 Å². The summed E-state index contributed by atoms with van der Waals surface area (Å²) in [6, 6.07) is 19.1. The molecule has 2 heteroatoms. The molecular weight excluding hydrogens is 340 g/mol. The maximum Gasteiger partial charge on any atom is 0.0938 e. The zero-order valence-electron chi connectivity index (χ0n) is 19.3. The predicted octanol–water partition coefficient (Wildman–Crippen LogP) is 8.17. The summed E-state index contributed by atoms with van der Waals surface area (Å²) in [4.78, 5) is 4.40. The highest BCUT2D eigenvalue weighted by atomic mass is 15.3. The van der Waals surface area contributed by atoms with Crippen LogP contribution in [0.2, 0.25) is 0 Å². The van der Waals surface area contributed by atoms with Crippen molar-refractivity contribution in [3.63, 3.8) is 0 Å². The summed E-state index contributed by atoms with van der Waals surface area (Å²) >= 11 is 0. The summed E-state index contributed by atoms with van der Waals surface area (Å²) in [7, 11) is 2.08. The molecule has 0 amide bonds. The predicted molar refractivity (Wildman–Crippen MR) is 129 cm³/mol. The van der Waals surface area contributed by atoms with Gasteiger partial charge in [0.15, 0.2) is 0 Å². The average molecular weight is 383 g/mol. The number of unbranched alkanes of at least 4 members (excludes halogenated alkanes) is 2. The van der Waals surface area contributed by atoms with Crippen molar-refractivity contribution < 1.29 is 0 Å². The Kier molecular flexibility index (Phi) is 15.6. The molecule has 2 aromatic carbocycles. The topological polar surface area (TPSA) is 6.48 Å². The summed E-state index contributed by atoms with van der Waals surface area (Å²) in [6.07, 6.45) is 9.53. The molecule has 0 radical (unpaired) electrons. The van der Waals surface area contributed by atoms with E-state index in [0.29, 0.717) is 0 Å². The van der Waals surface area contributed by atoms with Crippen LogP contribution in [0.4, 0.5) is 5.69 Å². The van der Waals surface area contributed by atoms with E-state index in [1.165, 1.54) is 42.5 Å². The van der Waals surface area contributed by atoms with Gasteiger partial charge in [-0.3, -0.25) is 0 Å². The minimum Gasteiger partial charge on any atom is -0.361 e. The Morgan fingerprint density at radius 3 is 1.79 bits per heavy atom. The zero-order chi connectivity index (χ0) is 21.2. The SMILES string of the molecule is CC.CCC.CCCCC.CN1C=CN(c2cccc(-c3ccccc3)c2)C1. The lowest BCUT2D eigenvalue weighted by atomic mass is 10.1. The third-order valence-corrected chi connectivity index (χ3v) is 3.87. The first-order valence-electron chi connectivity index (χ1n) is 11.0. The van der Waals surface area contributed by atoms with E-state index < -0.39 is 0 Å². The fourth-order valence-corrected chi connectivity index (χ4v) is 2.54. The Morgan fingerprint density at radius 2 is 1.32 bits per heavy atom. The van der Waals surface area contributed by atoms with Gasteiger partial charge >= 0.3 is 0 Å². The largest absolute Gasteiger partial charge is 0.361 e. The van der Waals surface area contributed by atoms with Crippen molar-refractivity contribution in [3.8, 4) is 11.1 Å². The maximum atomic E-state index is 2.24. The molecule has 0 aliphatic carbocycles. The van der Waals surface area contributed by atoms with E-state index in [1.54, 1.807) is 0 Å². The average Bonchev–Trinajstić information content (AvgIpc) is 3.18. The minimum absolute atomic E-state index is 0.915. The first-order chi connectivity index (χ1) is 13.7. The van der Waals surface area contributed by atoms with Crippen molar-refractivity contribution in [2.45, 2.75) is 67.2 Å². The van der Waals surface area contributed by atoms with Crippen LogP contribution in [0.1, 0.15) is 67.2 Å². The molecule has 0 fully saturated rings. The third-order valence-electron chi connectivity index (χ3n) is 3.87. The summed E-state index contributed by atoms with van der Waals surface area (Å²) in [6.45, 7) is 13.6. The number of rotatable bonds is 4. The number of hydrogen-bond donors (Lipinski definition) is 0. The van der Waals surface area contributed by atoms with Gasteiger partial charge in [0.1, 0.15) is 0 Å². The van der Waals surface area contributed by atoms with Gasteiger partial charge in [0.25, 0.3) is 0 Å². The molecule has 0 spiro atoms. The Hall–Kier alpha value is -2.22. The Bertz CT molecular complexity index is 617. The molecule has 3 rings (SSSR count). The highest BCUT2D eigenvalue weighted by Gasteiger charge is 2.10. The normalized spacial score (nSPS) is 11.5. The fraction of sp³-hybridized carbons (Fsp3) is 0.462. The molecule has 1 heterocycles. The highest BCUT2D eigenvalue weighted by molar-refractivity contribution is 5.69. The highest BCUT2D eigenvalue weighted by Crippen LogP contribution is 2.26. The minimum atomic E-state index is 0.915. The van der Waals surface area contributed by atoms with E-state index in [2.05, 4.69) is 105 Å². The molecule has 0 unspecified atom stereocenters. The second-order valence-electron chi connectivity index (χ2n) is 6.64. The van der Waals surface area contributed by atoms with E-state index in [1.807, 2.05) is 19.9 Å². The van der Waals surface area contributed by atoms with Crippen LogP contribution in [0.25, 0.3) is 11.1 Å². The molecule has 1 aliphatic rings. The second kappa shape index (κ2) is 16.9. The smallest absolute Gasteiger partial charge is 0.0938 e. The van der Waals surface area contributed by atoms with E-state index >= 15 is 0 Å². The van der Waals surface area contributed by atoms with Crippen LogP contribution < -0.4 is 4.90 Å². The van der Waals surface area contributed by atoms with Gasteiger partial charge in [-0.25, -0.2) is 0 Å². The standard InChI is InChI=1S/C16H16N2.C5H12.C3H8.C2H6/c1-17-10-11-18(13-17)16-9-5-8-15(12-16)14-6-3-2-4-7-14;1-3-5-4-2;1-3-2;1-2/h2-12H,13H2,1H3;3-5H2,1-2H3;3H2,1-2H3;1-2H3. The molecule has 156 valence electrons. The van der Waals surface area contributed by atoms with Crippen molar-refractivity contribution in [1.29, 1.82) is 0 Å². The number of benzene rings is 2. The van der Waals surface area contributed by atoms with E-state index in [0.717, 1.165) is 6.67 Å². The molecule has 1 aliphatic heterocycles. The van der Waals surface area contributed by atoms with Crippen LogP contribution in [0.3, 0.4) is 0 Å². The van der Waals surface area contributed by atoms with Crippen LogP contribution in [-0.4, -0.2) is 18.6 Å². The fourth-order valence-electron chi connectivity index (χ4n) is 2.54. The quantitative estimate of drug-likeness (QED) is 0.526. The van der Waals surface area contributed by atoms with Gasteiger partial charge in [0.2, 0.25) is 0 Å². The van der Waals surface area contributed by atoms with Gasteiger partial charge in [-0.05, 0) is 23.3 Å². The Balaban J connectivity index is 0.000000619. The lowest BCUT2D eigenvalue weighted by Crippen LogP contribution is -2.21. The van der Waals surface area contributed by atoms with Crippen LogP contribution in [0.15, 0.2) is 67.0 Å². The van der Waals surface area contributed by atoms with E-state index in [9.17, 15) is 0 Å². The molecule has 0 atom stereocenters. The van der Waals surface area contributed by atoms with Gasteiger partial charge in [-0.1, -0.05) is 110 Å². The maximum absolute atomic E-state index is 2.24. The summed E-state index contributed by atoms with van der Waals surface area (Å²) in [5.41, 5.74) is 3.75. The van der Waals surface area contributed by atoms with Crippen LogP contribution in [-0.2, 0) is 0 Å². The van der Waals surface area contributed by atoms with Gasteiger partial charge < -0.3 is 9.80 Å². The molecule has 0 aromatic heterocycles. The zero-order valence-corrected chi connectivity index (χ0v) is 19.3. The first kappa shape index (κ1) is 25.8. The molecule has 0 N–H and O–H groups in total. The Labute approximate surface area is 174 Å². The van der Waals surface area contributed by atoms with Crippen molar-refractivity contribution >= 4 is 5.69 Å². The molecule has 0 saturated heterocycles. The van der Waals surface area contributed by atoms with Crippen LogP contribution in [0, 0.1) is 0 Å². The summed E-state index contributed by atoms with van der Waals surface area (Å²) < 4.78 is 0. The van der Waals surface area contributed by atoms with Crippen molar-refractivity contribution in [2.24, 2.45) is 0 Å². The van der Waals surface area contributed by atoms with Crippen molar-refractivity contribution in [2.75, 3.05) is 18.6 Å². The summed E-state index contributed by atoms with van der Waals surface area (Å²) in [5.74, 6) is 0. The lowest BCUT2D eigenvalue weighted by Gasteiger charge is -2.19. The monoisotopic (exact) mass is 382 g/mol. The molecule has 2 aromatic rings. The lowest BCUT2D eigenvalue weighted by molar-refractivity contribution is 0.496. The van der Waals surface area contributed by atoms with Gasteiger partial charge in [0.05, 0.1) is 6.67 Å². The number of anilines is 1. The number of hydrogen-bond acceptors (Lipinski definition) is 2. The third kappa shape index (κ3) is 10.2. The van der Waals surface area contributed by atoms with Crippen molar-refractivity contribution in [3.05, 3.63) is 67.0 Å². The van der Waals surface area contributed by atoms with E-state index in [-0.39, 0.29) is 0 Å². The molecular formula is C26H42N2. The second-order valence-corrected chi connectivity index (χ2v) is 6.64.